The van der Waals surface area contributed by atoms with Crippen molar-refractivity contribution in [1.29, 1.82) is 0 Å². The second-order valence-electron chi connectivity index (χ2n) is 5.38. The molecule has 0 saturated heterocycles. The highest BCUT2D eigenvalue weighted by Crippen LogP contribution is 2.29. The number of carboxylic acid groups (broad SMARTS) is 2. The van der Waals surface area contributed by atoms with Gasteiger partial charge in [0.1, 0.15) is 12.8 Å². The molecule has 0 aliphatic rings. The molecule has 144 valence electrons. The number of carboxylic acids is 2. The minimum absolute atomic E-state index is 0.398. The fourth-order valence-corrected chi connectivity index (χ4v) is 1.68. The molecule has 0 spiro atoms. The van der Waals surface area contributed by atoms with Gasteiger partial charge < -0.3 is 10.2 Å². The fraction of sp³-hybridized carbons (Fsp3) is 0.600. The van der Waals surface area contributed by atoms with Crippen LogP contribution in [0.4, 0.5) is 0 Å². The zero-order valence-electron chi connectivity index (χ0n) is 13.2. The van der Waals surface area contributed by atoms with Crippen LogP contribution in [0.15, 0.2) is 11.1 Å². The molecule has 0 unspecified atom stereocenters. The van der Waals surface area contributed by atoms with Crippen molar-refractivity contribution in [2.24, 2.45) is 0 Å². The monoisotopic (exact) mass is 380 g/mol. The minimum atomic E-state index is -3.17. The molecule has 16 nitrogen and oxygen atoms in total. The van der Waals surface area contributed by atoms with Crippen LogP contribution in [0.25, 0.3) is 0 Å². The molecule has 0 aliphatic heterocycles. The highest BCUT2D eigenvalue weighted by atomic mass is 16.7. The molecule has 16 heteroatoms. The Morgan fingerprint density at radius 1 is 0.692 bits per heavy atom. The number of nitrogens with zero attached hydrogens (tertiary/aromatic N) is 4. The number of nitro groups is 4. The lowest BCUT2D eigenvalue weighted by Crippen LogP contribution is -2.46. The Kier molecular flexibility index (Phi) is 6.38. The summed E-state index contributed by atoms with van der Waals surface area (Å²) in [5, 5.41) is 61.8. The summed E-state index contributed by atoms with van der Waals surface area (Å²) in [7, 11) is 0. The van der Waals surface area contributed by atoms with Gasteiger partial charge >= 0.3 is 23.3 Å². The van der Waals surface area contributed by atoms with Crippen LogP contribution in [-0.4, -0.2) is 53.2 Å². The highest BCUT2D eigenvalue weighted by molar-refractivity contribution is 5.99. The number of hydrogen-bond acceptors (Lipinski definition) is 10. The Morgan fingerprint density at radius 2 is 0.885 bits per heavy atom. The molecule has 0 aliphatic carbocycles. The predicted molar refractivity (Wildman–Crippen MR) is 76.3 cm³/mol. The summed E-state index contributed by atoms with van der Waals surface area (Å²) < 4.78 is 0. The third-order valence-corrected chi connectivity index (χ3v) is 3.48. The van der Waals surface area contributed by atoms with E-state index in [1.54, 1.807) is 0 Å². The first kappa shape index (κ1) is 22.3. The predicted octanol–water partition coefficient (Wildman–Crippen LogP) is -0.228. The van der Waals surface area contributed by atoms with Crippen molar-refractivity contribution in [2.75, 3.05) is 0 Å². The second-order valence-corrected chi connectivity index (χ2v) is 5.38. The average Bonchev–Trinajstić information content (AvgIpc) is 2.48. The van der Waals surface area contributed by atoms with Gasteiger partial charge in [-0.1, -0.05) is 0 Å². The summed E-state index contributed by atoms with van der Waals surface area (Å²) >= 11 is 0. The molecular weight excluding hydrogens is 368 g/mol. The SMILES string of the molecule is CC(C/C(C(=O)O)=C(/CC(C)([N+](=O)[O-])[N+](=O)[O-])C(=O)O)([N+](=O)[O-])[N+](=O)[O-]. The van der Waals surface area contributed by atoms with E-state index < -0.39 is 66.9 Å². The Hall–Kier alpha value is -3.72. The summed E-state index contributed by atoms with van der Waals surface area (Å²) in [4.78, 5) is 60.3. The second kappa shape index (κ2) is 7.45. The van der Waals surface area contributed by atoms with Gasteiger partial charge in [0.05, 0.1) is 44.7 Å². The first-order chi connectivity index (χ1) is 11.6. The quantitative estimate of drug-likeness (QED) is 0.216. The van der Waals surface area contributed by atoms with Crippen LogP contribution in [0.3, 0.4) is 0 Å². The molecule has 0 fully saturated rings. The molecule has 0 bridgehead atoms. The zero-order chi connectivity index (χ0) is 21.0. The van der Waals surface area contributed by atoms with Gasteiger partial charge in [0, 0.05) is 0 Å². The molecule has 0 heterocycles. The van der Waals surface area contributed by atoms with Gasteiger partial charge in [-0.15, -0.1) is 0 Å². The van der Waals surface area contributed by atoms with E-state index in [-0.39, 0.29) is 0 Å². The van der Waals surface area contributed by atoms with Crippen molar-refractivity contribution < 1.29 is 39.5 Å². The zero-order valence-corrected chi connectivity index (χ0v) is 13.2. The van der Waals surface area contributed by atoms with Crippen LogP contribution < -0.4 is 0 Å². The van der Waals surface area contributed by atoms with Crippen molar-refractivity contribution in [2.45, 2.75) is 38.0 Å². The molecule has 0 radical (unpaired) electrons. The van der Waals surface area contributed by atoms with Crippen molar-refractivity contribution in [3.05, 3.63) is 51.6 Å². The molecule has 0 aromatic carbocycles. The third-order valence-electron chi connectivity index (χ3n) is 3.48. The Labute approximate surface area is 142 Å². The van der Waals surface area contributed by atoms with E-state index in [2.05, 4.69) is 0 Å². The standard InChI is InChI=1S/C10H12N4O12/c1-9(11(19)20,12(21)22)3-5(7(15)16)6(8(17)18)4-10(2,13(23)24)14(25)26/h3-4H2,1-2H3,(H,15,16)(H,17,18)/b6-5+. The van der Waals surface area contributed by atoms with Crippen molar-refractivity contribution in [1.82, 2.24) is 0 Å². The van der Waals surface area contributed by atoms with Gasteiger partial charge in [0.15, 0.2) is 0 Å². The van der Waals surface area contributed by atoms with Crippen LogP contribution >= 0.6 is 0 Å². The largest absolute Gasteiger partial charge is 0.478 e. The molecule has 26 heavy (non-hydrogen) atoms. The lowest BCUT2D eigenvalue weighted by atomic mass is 9.92. The minimum Gasteiger partial charge on any atom is -0.478 e. The van der Waals surface area contributed by atoms with Gasteiger partial charge in [-0.3, -0.25) is 40.5 Å². The molecule has 0 rings (SSSR count). The van der Waals surface area contributed by atoms with Crippen LogP contribution in [0.5, 0.6) is 0 Å². The van der Waals surface area contributed by atoms with Crippen molar-refractivity contribution in [3.8, 4) is 0 Å². The normalized spacial score (nSPS) is 12.7. The van der Waals surface area contributed by atoms with Gasteiger partial charge in [0.2, 0.25) is 0 Å². The van der Waals surface area contributed by atoms with E-state index in [0.29, 0.717) is 13.8 Å². The Morgan fingerprint density at radius 3 is 1.00 bits per heavy atom. The van der Waals surface area contributed by atoms with E-state index in [4.69, 9.17) is 10.2 Å². The van der Waals surface area contributed by atoms with Gasteiger partial charge in [0.25, 0.3) is 0 Å². The van der Waals surface area contributed by atoms with Gasteiger partial charge in [-0.05, 0) is 0 Å². The third kappa shape index (κ3) is 4.22. The van der Waals surface area contributed by atoms with E-state index in [1.165, 1.54) is 0 Å². The lowest BCUT2D eigenvalue weighted by Gasteiger charge is -2.17. The molecule has 2 N–H and O–H groups in total. The van der Waals surface area contributed by atoms with Crippen LogP contribution in [0, 0.1) is 40.5 Å². The summed E-state index contributed by atoms with van der Waals surface area (Å²) in [6, 6.07) is 0. The summed E-state index contributed by atoms with van der Waals surface area (Å²) in [5.41, 5.74) is -9.20. The topological polar surface area (TPSA) is 247 Å². The molecule has 0 saturated carbocycles. The summed E-state index contributed by atoms with van der Waals surface area (Å²) in [6.07, 6.45) is -3.15. The summed E-state index contributed by atoms with van der Waals surface area (Å²) in [5.74, 6) is -4.32. The van der Waals surface area contributed by atoms with E-state index in [0.717, 1.165) is 0 Å². The van der Waals surface area contributed by atoms with Gasteiger partial charge in [-0.2, -0.15) is 0 Å². The van der Waals surface area contributed by atoms with E-state index >= 15 is 0 Å². The van der Waals surface area contributed by atoms with Crippen LogP contribution in [-0.2, 0) is 9.59 Å². The maximum atomic E-state index is 11.3. The first-order valence-corrected chi connectivity index (χ1v) is 6.37. The molecule has 0 atom stereocenters. The van der Waals surface area contributed by atoms with E-state index in [1.807, 2.05) is 0 Å². The van der Waals surface area contributed by atoms with Gasteiger partial charge in [-0.25, -0.2) is 9.59 Å². The summed E-state index contributed by atoms with van der Waals surface area (Å²) in [6.45, 7) is 0.797. The molecular formula is C10H12N4O12. The van der Waals surface area contributed by atoms with Crippen molar-refractivity contribution >= 4 is 11.9 Å². The fourth-order valence-electron chi connectivity index (χ4n) is 1.68. The average molecular weight is 380 g/mol. The number of hydrogen-bond donors (Lipinski definition) is 2. The molecule has 0 aromatic heterocycles. The molecule has 0 aromatic rings. The highest BCUT2D eigenvalue weighted by Gasteiger charge is 2.56. The maximum Gasteiger partial charge on any atom is 0.460 e. The first-order valence-electron chi connectivity index (χ1n) is 6.37. The van der Waals surface area contributed by atoms with Crippen molar-refractivity contribution in [3.63, 3.8) is 0 Å². The number of rotatable bonds is 10. The smallest absolute Gasteiger partial charge is 0.460 e. The number of carbonyl (C=O) groups is 2. The lowest BCUT2D eigenvalue weighted by molar-refractivity contribution is -0.792. The van der Waals surface area contributed by atoms with Crippen LogP contribution in [0.2, 0.25) is 0 Å². The molecule has 0 amide bonds. The van der Waals surface area contributed by atoms with Crippen LogP contribution in [0.1, 0.15) is 26.7 Å². The Bertz CT molecular complexity index is 638. The Balaban J connectivity index is 6.56. The maximum absolute atomic E-state index is 11.3. The number of aliphatic carboxylic acids is 2. The van der Waals surface area contributed by atoms with E-state index in [9.17, 15) is 50.0 Å².